The summed E-state index contributed by atoms with van der Waals surface area (Å²) in [7, 11) is 1.88. The predicted molar refractivity (Wildman–Crippen MR) is 63.9 cm³/mol. The summed E-state index contributed by atoms with van der Waals surface area (Å²) in [4.78, 5) is 0. The van der Waals surface area contributed by atoms with Crippen molar-refractivity contribution in [3.63, 3.8) is 0 Å². The largest absolute Gasteiger partial charge is 0.438 e. The molecule has 1 fully saturated rings. The lowest BCUT2D eigenvalue weighted by Crippen LogP contribution is -2.37. The van der Waals surface area contributed by atoms with E-state index in [-0.39, 0.29) is 0 Å². The Labute approximate surface area is 89.7 Å². The molecule has 1 aliphatic carbocycles. The van der Waals surface area contributed by atoms with E-state index >= 15 is 0 Å². The van der Waals surface area contributed by atoms with Gasteiger partial charge in [0.2, 0.25) is 0 Å². The molecule has 1 rings (SSSR count). The molecule has 0 saturated heterocycles. The minimum Gasteiger partial charge on any atom is -0.438 e. The van der Waals surface area contributed by atoms with Gasteiger partial charge in [0.15, 0.2) is 0 Å². The lowest BCUT2D eigenvalue weighted by Gasteiger charge is -2.37. The zero-order chi connectivity index (χ0) is 10.8. The van der Waals surface area contributed by atoms with Gasteiger partial charge < -0.3 is 4.65 Å². The molecule has 82 valence electrons. The molecular weight excluding hydrogens is 171 g/mol. The molecule has 1 saturated carbocycles. The van der Waals surface area contributed by atoms with E-state index in [2.05, 4.69) is 27.7 Å². The highest BCUT2D eigenvalue weighted by molar-refractivity contribution is 6.57. The van der Waals surface area contributed by atoms with E-state index in [1.807, 2.05) is 7.11 Å². The molecule has 0 N–H and O–H groups in total. The second-order valence-electron chi connectivity index (χ2n) is 5.68. The summed E-state index contributed by atoms with van der Waals surface area (Å²) in [5.41, 5.74) is 0. The SMILES string of the molecule is COB(C1CCCC1)C(C)(C)C(C)C. The van der Waals surface area contributed by atoms with Crippen molar-refractivity contribution in [2.75, 3.05) is 7.11 Å². The van der Waals surface area contributed by atoms with Gasteiger partial charge >= 0.3 is 6.92 Å². The molecule has 0 bridgehead atoms. The van der Waals surface area contributed by atoms with Crippen LogP contribution in [0.3, 0.4) is 0 Å². The zero-order valence-electron chi connectivity index (χ0n) is 10.5. The molecule has 0 atom stereocenters. The lowest BCUT2D eigenvalue weighted by molar-refractivity contribution is 0.333. The first-order chi connectivity index (χ1) is 6.50. The number of hydrogen-bond acceptors (Lipinski definition) is 1. The summed E-state index contributed by atoms with van der Waals surface area (Å²) >= 11 is 0. The van der Waals surface area contributed by atoms with Gasteiger partial charge in [-0.15, -0.1) is 0 Å². The quantitative estimate of drug-likeness (QED) is 0.617. The van der Waals surface area contributed by atoms with Crippen molar-refractivity contribution in [2.24, 2.45) is 5.92 Å². The van der Waals surface area contributed by atoms with E-state index in [0.29, 0.717) is 18.1 Å². The zero-order valence-corrected chi connectivity index (χ0v) is 10.5. The monoisotopic (exact) mass is 196 g/mol. The molecule has 0 aliphatic heterocycles. The maximum absolute atomic E-state index is 5.76. The molecule has 0 aromatic heterocycles. The third-order valence-electron chi connectivity index (χ3n) is 4.30. The Morgan fingerprint density at radius 3 is 2.07 bits per heavy atom. The van der Waals surface area contributed by atoms with E-state index in [9.17, 15) is 0 Å². The first-order valence-corrected chi connectivity index (χ1v) is 6.03. The molecule has 0 spiro atoms. The van der Waals surface area contributed by atoms with Crippen LogP contribution in [0.2, 0.25) is 11.1 Å². The summed E-state index contributed by atoms with van der Waals surface area (Å²) < 4.78 is 5.76. The van der Waals surface area contributed by atoms with Gasteiger partial charge in [0.25, 0.3) is 0 Å². The molecular formula is C12H25BO. The summed E-state index contributed by atoms with van der Waals surface area (Å²) in [6.45, 7) is 9.76. The van der Waals surface area contributed by atoms with Crippen molar-refractivity contribution in [3.05, 3.63) is 0 Å². The normalized spacial score (nSPS) is 19.3. The molecule has 0 aromatic carbocycles. The summed E-state index contributed by atoms with van der Waals surface area (Å²) in [5, 5.41) is 0.309. The number of rotatable bonds is 4. The average molecular weight is 196 g/mol. The molecule has 0 unspecified atom stereocenters. The molecule has 0 radical (unpaired) electrons. The van der Waals surface area contributed by atoms with E-state index in [1.165, 1.54) is 25.7 Å². The van der Waals surface area contributed by atoms with Crippen LogP contribution >= 0.6 is 0 Å². The van der Waals surface area contributed by atoms with Crippen LogP contribution in [-0.2, 0) is 4.65 Å². The molecule has 1 aliphatic rings. The fraction of sp³-hybridized carbons (Fsp3) is 1.00. The Hall–Kier alpha value is 0.0249. The Morgan fingerprint density at radius 1 is 1.21 bits per heavy atom. The third-order valence-corrected chi connectivity index (χ3v) is 4.30. The van der Waals surface area contributed by atoms with Crippen LogP contribution in [0.4, 0.5) is 0 Å². The number of hydrogen-bond donors (Lipinski definition) is 0. The van der Waals surface area contributed by atoms with Gasteiger partial charge in [-0.05, 0) is 17.0 Å². The van der Waals surface area contributed by atoms with Crippen LogP contribution in [0.1, 0.15) is 53.4 Å². The van der Waals surface area contributed by atoms with Crippen LogP contribution < -0.4 is 0 Å². The molecule has 0 aromatic rings. The Morgan fingerprint density at radius 2 is 1.71 bits per heavy atom. The maximum atomic E-state index is 5.76. The standard InChI is InChI=1S/C12H25BO/c1-10(2)12(3,4)13(14-5)11-8-6-7-9-11/h10-11H,6-9H2,1-5H3. The van der Waals surface area contributed by atoms with Crippen molar-refractivity contribution in [1.82, 2.24) is 0 Å². The topological polar surface area (TPSA) is 9.23 Å². The third kappa shape index (κ3) is 2.33. The highest BCUT2D eigenvalue weighted by Gasteiger charge is 2.43. The molecule has 0 amide bonds. The van der Waals surface area contributed by atoms with Gasteiger partial charge in [-0.25, -0.2) is 0 Å². The maximum Gasteiger partial charge on any atom is 0.301 e. The fourth-order valence-electron chi connectivity index (χ4n) is 2.69. The molecule has 14 heavy (non-hydrogen) atoms. The predicted octanol–water partition coefficient (Wildman–Crippen LogP) is 4.00. The summed E-state index contributed by atoms with van der Waals surface area (Å²) in [6.07, 6.45) is 5.54. The van der Waals surface area contributed by atoms with Crippen molar-refractivity contribution in [2.45, 2.75) is 64.5 Å². The van der Waals surface area contributed by atoms with Gasteiger partial charge in [-0.1, -0.05) is 53.4 Å². The van der Waals surface area contributed by atoms with Crippen molar-refractivity contribution in [3.8, 4) is 0 Å². The van der Waals surface area contributed by atoms with Crippen molar-refractivity contribution < 1.29 is 4.65 Å². The minimum absolute atomic E-state index is 0.309. The second-order valence-corrected chi connectivity index (χ2v) is 5.68. The van der Waals surface area contributed by atoms with Crippen LogP contribution in [0, 0.1) is 5.92 Å². The van der Waals surface area contributed by atoms with Crippen LogP contribution in [0.25, 0.3) is 0 Å². The van der Waals surface area contributed by atoms with Gasteiger partial charge in [0, 0.05) is 7.11 Å². The lowest BCUT2D eigenvalue weighted by atomic mass is 9.37. The highest BCUT2D eigenvalue weighted by atomic mass is 16.4. The van der Waals surface area contributed by atoms with Crippen LogP contribution in [0.15, 0.2) is 0 Å². The van der Waals surface area contributed by atoms with E-state index < -0.39 is 0 Å². The van der Waals surface area contributed by atoms with Gasteiger partial charge in [-0.2, -0.15) is 0 Å². The Balaban J connectivity index is 2.68. The molecule has 1 nitrogen and oxygen atoms in total. The highest BCUT2D eigenvalue weighted by Crippen LogP contribution is 2.47. The van der Waals surface area contributed by atoms with Gasteiger partial charge in [-0.3, -0.25) is 0 Å². The van der Waals surface area contributed by atoms with Crippen LogP contribution in [-0.4, -0.2) is 14.0 Å². The minimum atomic E-state index is 0.309. The van der Waals surface area contributed by atoms with E-state index in [0.717, 1.165) is 5.82 Å². The summed E-state index contributed by atoms with van der Waals surface area (Å²) in [6, 6.07) is 0. The van der Waals surface area contributed by atoms with Crippen LogP contribution in [0.5, 0.6) is 0 Å². The van der Waals surface area contributed by atoms with Crippen molar-refractivity contribution >= 4 is 6.92 Å². The average Bonchev–Trinajstić information content (AvgIpc) is 2.57. The molecule has 0 heterocycles. The van der Waals surface area contributed by atoms with E-state index in [4.69, 9.17) is 4.65 Å². The van der Waals surface area contributed by atoms with Gasteiger partial charge in [0.1, 0.15) is 0 Å². The summed E-state index contributed by atoms with van der Waals surface area (Å²) in [5.74, 6) is 1.49. The Bertz CT molecular complexity index is 171. The van der Waals surface area contributed by atoms with Crippen molar-refractivity contribution in [1.29, 1.82) is 0 Å². The van der Waals surface area contributed by atoms with Gasteiger partial charge in [0.05, 0.1) is 0 Å². The Kier molecular flexibility index (Phi) is 4.06. The first kappa shape index (κ1) is 12.1. The fourth-order valence-corrected chi connectivity index (χ4v) is 2.69. The smallest absolute Gasteiger partial charge is 0.301 e. The van der Waals surface area contributed by atoms with E-state index in [1.54, 1.807) is 0 Å². The first-order valence-electron chi connectivity index (χ1n) is 6.03. The second kappa shape index (κ2) is 4.70. The molecule has 2 heteroatoms.